The van der Waals surface area contributed by atoms with Gasteiger partial charge in [-0.1, -0.05) is 5.16 Å². The molecule has 1 saturated heterocycles. The predicted octanol–water partition coefficient (Wildman–Crippen LogP) is 3.08. The van der Waals surface area contributed by atoms with Crippen LogP contribution < -0.4 is 5.32 Å². The molecule has 0 bridgehead atoms. The summed E-state index contributed by atoms with van der Waals surface area (Å²) < 4.78 is 11.4. The van der Waals surface area contributed by atoms with Crippen LogP contribution in [0.15, 0.2) is 25.7 Å². The first-order valence-corrected chi connectivity index (χ1v) is 6.82. The highest BCUT2D eigenvalue weighted by Crippen LogP contribution is 2.30. The second kappa shape index (κ2) is 4.51. The van der Waals surface area contributed by atoms with Gasteiger partial charge in [0.2, 0.25) is 11.7 Å². The van der Waals surface area contributed by atoms with Crippen LogP contribution in [0.25, 0.3) is 11.6 Å². The lowest BCUT2D eigenvalue weighted by atomic mass is 9.91. The third-order valence-electron chi connectivity index (χ3n) is 3.31. The molecule has 96 valence electrons. The zero-order valence-electron chi connectivity index (χ0n) is 10.1. The van der Waals surface area contributed by atoms with E-state index in [-0.39, 0.29) is 5.54 Å². The zero-order chi connectivity index (χ0) is 12.6. The van der Waals surface area contributed by atoms with E-state index in [1.807, 2.05) is 12.1 Å². The Labute approximate surface area is 113 Å². The van der Waals surface area contributed by atoms with E-state index in [1.54, 1.807) is 0 Å². The number of piperidine rings is 1. The molecule has 1 unspecified atom stereocenters. The van der Waals surface area contributed by atoms with Crippen molar-refractivity contribution < 1.29 is 8.94 Å². The van der Waals surface area contributed by atoms with Gasteiger partial charge in [-0.25, -0.2) is 0 Å². The lowest BCUT2D eigenvalue weighted by Crippen LogP contribution is -2.43. The topological polar surface area (TPSA) is 64.1 Å². The van der Waals surface area contributed by atoms with Crippen molar-refractivity contribution in [2.45, 2.75) is 31.7 Å². The van der Waals surface area contributed by atoms with Crippen LogP contribution in [0, 0.1) is 0 Å². The van der Waals surface area contributed by atoms with Crippen molar-refractivity contribution in [2.75, 3.05) is 6.54 Å². The van der Waals surface area contributed by atoms with Crippen molar-refractivity contribution >= 4 is 15.9 Å². The van der Waals surface area contributed by atoms with Crippen molar-refractivity contribution in [3.05, 3.63) is 22.7 Å². The summed E-state index contributed by atoms with van der Waals surface area (Å²) in [5.41, 5.74) is -0.215. The number of halogens is 1. The van der Waals surface area contributed by atoms with Gasteiger partial charge in [-0.2, -0.15) is 4.98 Å². The fraction of sp³-hybridized carbons (Fsp3) is 0.500. The minimum absolute atomic E-state index is 0.215. The van der Waals surface area contributed by atoms with Crippen molar-refractivity contribution in [1.29, 1.82) is 0 Å². The highest BCUT2D eigenvalue weighted by Gasteiger charge is 2.34. The highest BCUT2D eigenvalue weighted by molar-refractivity contribution is 9.10. The van der Waals surface area contributed by atoms with Crippen LogP contribution in [0.1, 0.15) is 32.1 Å². The number of furan rings is 1. The summed E-state index contributed by atoms with van der Waals surface area (Å²) in [6.07, 6.45) is 3.38. The summed E-state index contributed by atoms with van der Waals surface area (Å²) in [4.78, 5) is 4.43. The average molecular weight is 312 g/mol. The largest absolute Gasteiger partial charge is 0.446 e. The molecule has 1 aliphatic heterocycles. The van der Waals surface area contributed by atoms with Crippen LogP contribution in [0.3, 0.4) is 0 Å². The van der Waals surface area contributed by atoms with Crippen LogP contribution in [-0.2, 0) is 5.54 Å². The van der Waals surface area contributed by atoms with E-state index in [4.69, 9.17) is 8.94 Å². The van der Waals surface area contributed by atoms with Crippen LogP contribution in [0.4, 0.5) is 0 Å². The molecule has 1 fully saturated rings. The third kappa shape index (κ3) is 2.10. The van der Waals surface area contributed by atoms with E-state index in [2.05, 4.69) is 38.3 Å². The summed E-state index contributed by atoms with van der Waals surface area (Å²) in [6, 6.07) is 3.63. The predicted molar refractivity (Wildman–Crippen MR) is 68.9 cm³/mol. The van der Waals surface area contributed by atoms with Gasteiger partial charge in [-0.15, -0.1) is 0 Å². The van der Waals surface area contributed by atoms with Crippen molar-refractivity contribution in [3.8, 4) is 11.6 Å². The van der Waals surface area contributed by atoms with Gasteiger partial charge in [-0.05, 0) is 60.8 Å². The second-order valence-corrected chi connectivity index (χ2v) is 5.52. The molecule has 0 aromatic carbocycles. The summed E-state index contributed by atoms with van der Waals surface area (Å²) in [5, 5.41) is 7.43. The molecule has 0 saturated carbocycles. The Morgan fingerprint density at radius 3 is 2.94 bits per heavy atom. The van der Waals surface area contributed by atoms with Gasteiger partial charge in [0.1, 0.15) is 0 Å². The first-order valence-electron chi connectivity index (χ1n) is 6.02. The maximum Gasteiger partial charge on any atom is 0.247 e. The van der Waals surface area contributed by atoms with Gasteiger partial charge in [0.25, 0.3) is 0 Å². The maximum atomic E-state index is 5.41. The summed E-state index contributed by atoms with van der Waals surface area (Å²) >= 11 is 3.26. The van der Waals surface area contributed by atoms with Gasteiger partial charge in [0.15, 0.2) is 10.4 Å². The van der Waals surface area contributed by atoms with Crippen LogP contribution >= 0.6 is 15.9 Å². The van der Waals surface area contributed by atoms with Crippen molar-refractivity contribution in [2.24, 2.45) is 0 Å². The molecule has 18 heavy (non-hydrogen) atoms. The first kappa shape index (κ1) is 11.9. The Balaban J connectivity index is 1.89. The smallest absolute Gasteiger partial charge is 0.247 e. The minimum atomic E-state index is -0.215. The van der Waals surface area contributed by atoms with Gasteiger partial charge in [0, 0.05) is 0 Å². The Morgan fingerprint density at radius 1 is 1.39 bits per heavy atom. The molecular formula is C12H14BrN3O2. The first-order chi connectivity index (χ1) is 8.67. The molecule has 2 aromatic heterocycles. The van der Waals surface area contributed by atoms with E-state index >= 15 is 0 Å². The number of rotatable bonds is 2. The number of hydrogen-bond acceptors (Lipinski definition) is 5. The molecule has 3 rings (SSSR count). The zero-order valence-corrected chi connectivity index (χ0v) is 11.7. The molecule has 0 amide bonds. The number of aromatic nitrogens is 2. The number of nitrogens with one attached hydrogen (secondary N) is 1. The molecule has 0 aliphatic carbocycles. The van der Waals surface area contributed by atoms with Crippen LogP contribution in [0.5, 0.6) is 0 Å². The molecule has 3 heterocycles. The standard InChI is InChI=1S/C12H14BrN3O2/c1-12(6-2-3-7-14-12)11-15-10(16-18-11)8-4-5-9(13)17-8/h4-5,14H,2-3,6-7H2,1H3. The molecule has 6 heteroatoms. The van der Waals surface area contributed by atoms with E-state index in [1.165, 1.54) is 12.8 Å². The molecule has 0 spiro atoms. The van der Waals surface area contributed by atoms with E-state index in [0.29, 0.717) is 22.1 Å². The Hall–Kier alpha value is -1.14. The Kier molecular flexibility index (Phi) is 2.99. The van der Waals surface area contributed by atoms with Crippen LogP contribution in [-0.4, -0.2) is 16.7 Å². The van der Waals surface area contributed by atoms with Crippen LogP contribution in [0.2, 0.25) is 0 Å². The molecule has 5 nitrogen and oxygen atoms in total. The van der Waals surface area contributed by atoms with Gasteiger partial charge in [-0.3, -0.25) is 0 Å². The lowest BCUT2D eigenvalue weighted by Gasteiger charge is -2.31. The fourth-order valence-corrected chi connectivity index (χ4v) is 2.53. The van der Waals surface area contributed by atoms with E-state index < -0.39 is 0 Å². The summed E-state index contributed by atoms with van der Waals surface area (Å²) in [6.45, 7) is 3.09. The minimum Gasteiger partial charge on any atom is -0.446 e. The van der Waals surface area contributed by atoms with Crippen molar-refractivity contribution in [1.82, 2.24) is 15.5 Å². The van der Waals surface area contributed by atoms with E-state index in [9.17, 15) is 0 Å². The fourth-order valence-electron chi connectivity index (χ4n) is 2.22. The van der Waals surface area contributed by atoms with E-state index in [0.717, 1.165) is 13.0 Å². The molecule has 1 N–H and O–H groups in total. The van der Waals surface area contributed by atoms with Gasteiger partial charge >= 0.3 is 0 Å². The Morgan fingerprint density at radius 2 is 2.28 bits per heavy atom. The number of hydrogen-bond donors (Lipinski definition) is 1. The second-order valence-electron chi connectivity index (χ2n) is 4.74. The Bertz CT molecular complexity index is 543. The van der Waals surface area contributed by atoms with Crippen molar-refractivity contribution in [3.63, 3.8) is 0 Å². The monoisotopic (exact) mass is 311 g/mol. The highest BCUT2D eigenvalue weighted by atomic mass is 79.9. The molecule has 0 radical (unpaired) electrons. The average Bonchev–Trinajstić information content (AvgIpc) is 2.98. The third-order valence-corrected chi connectivity index (χ3v) is 3.74. The maximum absolute atomic E-state index is 5.41. The molecule has 2 aromatic rings. The number of nitrogens with zero attached hydrogens (tertiary/aromatic N) is 2. The molecule has 1 aliphatic rings. The summed E-state index contributed by atoms with van der Waals surface area (Å²) in [7, 11) is 0. The SMILES string of the molecule is CC1(c2nc(-c3ccc(Br)o3)no2)CCCCN1. The summed E-state index contributed by atoms with van der Waals surface area (Å²) in [5.74, 6) is 1.73. The normalized spacial score (nSPS) is 24.3. The quantitative estimate of drug-likeness (QED) is 0.923. The van der Waals surface area contributed by atoms with Gasteiger partial charge in [0.05, 0.1) is 5.54 Å². The van der Waals surface area contributed by atoms with Gasteiger partial charge < -0.3 is 14.3 Å². The lowest BCUT2D eigenvalue weighted by molar-refractivity contribution is 0.207. The molecular weight excluding hydrogens is 298 g/mol. The molecule has 1 atom stereocenters.